The van der Waals surface area contributed by atoms with Gasteiger partial charge in [0, 0.05) is 17.1 Å². The van der Waals surface area contributed by atoms with Crippen LogP contribution >= 0.6 is 11.6 Å². The summed E-state index contributed by atoms with van der Waals surface area (Å²) < 4.78 is 14.1. The molecule has 30 heavy (non-hydrogen) atoms. The van der Waals surface area contributed by atoms with Gasteiger partial charge in [-0.25, -0.2) is 4.39 Å². The second kappa shape index (κ2) is 7.64. The maximum Gasteiger partial charge on any atom is 0.126 e. The summed E-state index contributed by atoms with van der Waals surface area (Å²) in [5, 5.41) is 4.73. The molecular formula is C27H33ClFN. The van der Waals surface area contributed by atoms with E-state index in [2.05, 4.69) is 43.4 Å². The topological polar surface area (TPSA) is 12.0 Å². The molecule has 4 fully saturated rings. The monoisotopic (exact) mass is 425 g/mol. The Labute approximate surface area is 185 Å². The van der Waals surface area contributed by atoms with E-state index in [-0.39, 0.29) is 11.9 Å². The fourth-order valence-electron chi connectivity index (χ4n) is 7.64. The Hall–Kier alpha value is -1.38. The van der Waals surface area contributed by atoms with E-state index in [1.54, 1.807) is 12.1 Å². The third kappa shape index (κ3) is 3.60. The molecule has 1 N–H and O–H groups in total. The first-order valence-corrected chi connectivity index (χ1v) is 12.0. The van der Waals surface area contributed by atoms with E-state index >= 15 is 0 Å². The van der Waals surface area contributed by atoms with Crippen LogP contribution in [0, 0.1) is 23.1 Å². The van der Waals surface area contributed by atoms with E-state index < -0.39 is 0 Å². The molecule has 0 saturated heterocycles. The predicted molar refractivity (Wildman–Crippen MR) is 122 cm³/mol. The molecule has 4 bridgehead atoms. The van der Waals surface area contributed by atoms with Crippen LogP contribution in [0.15, 0.2) is 48.5 Å². The number of rotatable bonds is 6. The van der Waals surface area contributed by atoms with E-state index in [1.807, 2.05) is 12.1 Å². The van der Waals surface area contributed by atoms with Crippen molar-refractivity contribution >= 4 is 11.6 Å². The molecule has 160 valence electrons. The summed E-state index contributed by atoms with van der Waals surface area (Å²) in [5.74, 6) is 1.59. The molecule has 0 amide bonds. The molecule has 4 saturated carbocycles. The van der Waals surface area contributed by atoms with Crippen LogP contribution in [0.5, 0.6) is 0 Å². The van der Waals surface area contributed by atoms with Crippen LogP contribution in [0.25, 0.3) is 0 Å². The minimum atomic E-state index is -0.0877. The van der Waals surface area contributed by atoms with Crippen molar-refractivity contribution in [1.29, 1.82) is 0 Å². The molecular weight excluding hydrogens is 393 g/mol. The highest BCUT2D eigenvalue weighted by Crippen LogP contribution is 2.66. The molecule has 0 radical (unpaired) electrons. The maximum absolute atomic E-state index is 14.1. The van der Waals surface area contributed by atoms with Gasteiger partial charge in [-0.2, -0.15) is 0 Å². The Kier molecular flexibility index (Phi) is 5.22. The fraction of sp³-hybridized carbons (Fsp3) is 0.556. The standard InChI is InChI=1S/C27H33ClFN/c1-18(11-22-5-3-4-6-25(22)29)30-19(2)26-13-20-12-21(14-26)16-27(15-20,17-26)23-7-9-24(28)10-8-23/h3-10,18-21,30H,11-17H2,1-2H3/t18-,19-,20+,21+,26?,27?/m0/s1. The van der Waals surface area contributed by atoms with E-state index in [9.17, 15) is 4.39 Å². The smallest absolute Gasteiger partial charge is 0.126 e. The van der Waals surface area contributed by atoms with Crippen LogP contribution < -0.4 is 5.32 Å². The Morgan fingerprint density at radius 1 is 1.00 bits per heavy atom. The average molecular weight is 426 g/mol. The van der Waals surface area contributed by atoms with Crippen molar-refractivity contribution in [1.82, 2.24) is 5.32 Å². The van der Waals surface area contributed by atoms with Gasteiger partial charge in [-0.05, 0) is 111 Å². The van der Waals surface area contributed by atoms with Gasteiger partial charge in [0.2, 0.25) is 0 Å². The minimum Gasteiger partial charge on any atom is -0.311 e. The van der Waals surface area contributed by atoms with Crippen LogP contribution in [-0.2, 0) is 11.8 Å². The lowest BCUT2D eigenvalue weighted by atomic mass is 9.41. The van der Waals surface area contributed by atoms with Gasteiger partial charge in [0.1, 0.15) is 5.82 Å². The quantitative estimate of drug-likeness (QED) is 0.529. The predicted octanol–water partition coefficient (Wildman–Crippen LogP) is 6.93. The zero-order valence-corrected chi connectivity index (χ0v) is 18.9. The summed E-state index contributed by atoms with van der Waals surface area (Å²) in [7, 11) is 0. The first-order chi connectivity index (χ1) is 14.4. The van der Waals surface area contributed by atoms with Crippen LogP contribution in [0.2, 0.25) is 5.02 Å². The maximum atomic E-state index is 14.1. The highest BCUT2D eigenvalue weighted by atomic mass is 35.5. The number of halogens is 2. The van der Waals surface area contributed by atoms with Crippen molar-refractivity contribution in [3.63, 3.8) is 0 Å². The number of hydrogen-bond donors (Lipinski definition) is 1. The summed E-state index contributed by atoms with van der Waals surface area (Å²) in [6.07, 6.45) is 8.79. The molecule has 0 unspecified atom stereocenters. The second-order valence-corrected chi connectivity index (χ2v) is 11.1. The van der Waals surface area contributed by atoms with Crippen molar-refractivity contribution in [3.8, 4) is 0 Å². The van der Waals surface area contributed by atoms with E-state index in [4.69, 9.17) is 11.6 Å². The molecule has 1 nitrogen and oxygen atoms in total. The molecule has 0 aliphatic heterocycles. The fourth-order valence-corrected chi connectivity index (χ4v) is 7.76. The summed E-state index contributed by atoms with van der Waals surface area (Å²) in [4.78, 5) is 0. The SMILES string of the molecule is C[C@H](N[C@@H](C)Cc1ccccc1F)C12C[C@H]3C[C@@H](CC(c4ccc(Cl)cc4)(C3)C1)C2. The Balaban J connectivity index is 1.36. The molecule has 6 rings (SSSR count). The van der Waals surface area contributed by atoms with E-state index in [0.29, 0.717) is 16.9 Å². The van der Waals surface area contributed by atoms with Crippen molar-refractivity contribution in [2.75, 3.05) is 0 Å². The van der Waals surface area contributed by atoms with Gasteiger partial charge in [0.15, 0.2) is 0 Å². The molecule has 3 heteroatoms. The van der Waals surface area contributed by atoms with Crippen molar-refractivity contribution in [2.24, 2.45) is 17.3 Å². The normalized spacial score (nSPS) is 34.1. The van der Waals surface area contributed by atoms with Crippen LogP contribution in [0.4, 0.5) is 4.39 Å². The van der Waals surface area contributed by atoms with Crippen LogP contribution in [0.3, 0.4) is 0 Å². The molecule has 2 aromatic carbocycles. The van der Waals surface area contributed by atoms with Crippen LogP contribution in [-0.4, -0.2) is 12.1 Å². The molecule has 2 aromatic rings. The lowest BCUT2D eigenvalue weighted by molar-refractivity contribution is -0.0893. The van der Waals surface area contributed by atoms with Gasteiger partial charge in [0.05, 0.1) is 0 Å². The van der Waals surface area contributed by atoms with Gasteiger partial charge in [-0.3, -0.25) is 0 Å². The van der Waals surface area contributed by atoms with Gasteiger partial charge in [0.25, 0.3) is 0 Å². The Morgan fingerprint density at radius 3 is 2.33 bits per heavy atom. The zero-order valence-electron chi connectivity index (χ0n) is 18.1. The second-order valence-electron chi connectivity index (χ2n) is 10.7. The number of nitrogens with one attached hydrogen (secondary N) is 1. The summed E-state index contributed by atoms with van der Waals surface area (Å²) in [6, 6.07) is 16.6. The highest BCUT2D eigenvalue weighted by molar-refractivity contribution is 6.30. The molecule has 0 heterocycles. The molecule has 0 spiro atoms. The number of hydrogen-bond acceptors (Lipinski definition) is 1. The number of benzene rings is 2. The van der Waals surface area contributed by atoms with Crippen molar-refractivity contribution in [3.05, 3.63) is 70.5 Å². The first-order valence-electron chi connectivity index (χ1n) is 11.6. The molecule has 4 aliphatic rings. The van der Waals surface area contributed by atoms with Gasteiger partial charge < -0.3 is 5.32 Å². The van der Waals surface area contributed by atoms with Crippen molar-refractivity contribution in [2.45, 2.75) is 76.3 Å². The van der Waals surface area contributed by atoms with Crippen molar-refractivity contribution < 1.29 is 4.39 Å². The molecule has 4 atom stereocenters. The largest absolute Gasteiger partial charge is 0.311 e. The lowest BCUT2D eigenvalue weighted by Crippen LogP contribution is -2.60. The summed E-state index contributed by atoms with van der Waals surface area (Å²) in [5.41, 5.74) is 2.98. The average Bonchev–Trinajstić information content (AvgIpc) is 2.69. The third-order valence-electron chi connectivity index (χ3n) is 8.50. The lowest BCUT2D eigenvalue weighted by Gasteiger charge is -2.64. The van der Waals surface area contributed by atoms with Gasteiger partial charge in [-0.1, -0.05) is 41.9 Å². The molecule has 4 aliphatic carbocycles. The third-order valence-corrected chi connectivity index (χ3v) is 8.75. The van der Waals surface area contributed by atoms with Gasteiger partial charge in [-0.15, -0.1) is 0 Å². The molecule has 0 aromatic heterocycles. The minimum absolute atomic E-state index is 0.0877. The van der Waals surface area contributed by atoms with E-state index in [1.165, 1.54) is 44.1 Å². The first kappa shape index (κ1) is 20.5. The summed E-state index contributed by atoms with van der Waals surface area (Å²) >= 11 is 6.20. The van der Waals surface area contributed by atoms with Crippen LogP contribution in [0.1, 0.15) is 63.5 Å². The Bertz CT molecular complexity index is 893. The Morgan fingerprint density at radius 2 is 1.67 bits per heavy atom. The summed E-state index contributed by atoms with van der Waals surface area (Å²) in [6.45, 7) is 4.60. The zero-order chi connectivity index (χ0) is 20.9. The van der Waals surface area contributed by atoms with Gasteiger partial charge >= 0.3 is 0 Å². The highest BCUT2D eigenvalue weighted by Gasteiger charge is 2.59. The van der Waals surface area contributed by atoms with E-state index in [0.717, 1.165) is 28.8 Å².